The lowest BCUT2D eigenvalue weighted by Gasteiger charge is -2.50. The summed E-state index contributed by atoms with van der Waals surface area (Å²) in [4.78, 5) is 28.5. The molecule has 0 unspecified atom stereocenters. The molecular weight excluding hydrogens is 709 g/mol. The van der Waals surface area contributed by atoms with Gasteiger partial charge in [0.2, 0.25) is 11.6 Å². The first-order chi connectivity index (χ1) is 27.2. The third-order valence-corrected chi connectivity index (χ3v) is 13.0. The topological polar surface area (TPSA) is 164 Å². The normalized spacial score (nSPS) is 30.1. The SMILES string of the molecule is CC[C@H]1C=CCC[C@@]2(C[C@@H]3CC[C@@H]4[C@H](C(=O)OCCCCCCCCCCCCCCC(=O)N(CCCN)C[C@@H](O)CCN)[C@]5(CCC[C@@H](C)O5)NC(=[N+]34)N2)O1. The standard InChI is InChI=1S/C44H78N6O6/c1-3-37-21-15-16-26-43(56-37)32-35-23-24-38-40(44(27-18-20-34(2)55-44)48-42(47-43)50(35)38)41(53)54-31-17-13-11-9-7-5-4-6-8-10-12-14-22-39(52)49(30-19-28-45)33-36(51)25-29-46/h15,21,34-38,40,51H,3-14,16-20,22-33,45-46H2,1-2H3,(H,47,48)/p+1/t34-,35+,36+,37+,38-,40-,43+,44-/m1/s1. The number of rotatable bonds is 24. The molecule has 12 heteroatoms. The monoisotopic (exact) mass is 788 g/mol. The van der Waals surface area contributed by atoms with Gasteiger partial charge in [0.05, 0.1) is 37.0 Å². The molecule has 7 N–H and O–H groups in total. The zero-order valence-electron chi connectivity index (χ0n) is 35.2. The van der Waals surface area contributed by atoms with E-state index in [1.165, 1.54) is 44.9 Å². The van der Waals surface area contributed by atoms with E-state index in [1.807, 2.05) is 0 Å². The molecule has 0 aliphatic carbocycles. The van der Waals surface area contributed by atoms with Crippen molar-refractivity contribution < 1.29 is 33.5 Å². The largest absolute Gasteiger partial charge is 0.465 e. The van der Waals surface area contributed by atoms with E-state index in [2.05, 4.69) is 41.2 Å². The second-order valence-corrected chi connectivity index (χ2v) is 17.6. The number of carbonyl (C=O) groups excluding carboxylic acids is 2. The Kier molecular flexibility index (Phi) is 18.2. The Morgan fingerprint density at radius 1 is 0.946 bits per heavy atom. The van der Waals surface area contributed by atoms with Crippen LogP contribution in [-0.4, -0.2) is 107 Å². The van der Waals surface area contributed by atoms with E-state index in [9.17, 15) is 14.7 Å². The summed E-state index contributed by atoms with van der Waals surface area (Å²) in [6.07, 6.45) is 28.3. The van der Waals surface area contributed by atoms with Gasteiger partial charge in [0.1, 0.15) is 0 Å². The highest BCUT2D eigenvalue weighted by Crippen LogP contribution is 2.45. The van der Waals surface area contributed by atoms with Crippen LogP contribution in [0.3, 0.4) is 0 Å². The van der Waals surface area contributed by atoms with Gasteiger partial charge in [-0.15, -0.1) is 0 Å². The van der Waals surface area contributed by atoms with Crippen molar-refractivity contribution in [3.8, 4) is 0 Å². The second-order valence-electron chi connectivity index (χ2n) is 17.6. The van der Waals surface area contributed by atoms with E-state index < -0.39 is 17.6 Å². The quantitative estimate of drug-likeness (QED) is 0.0354. The summed E-state index contributed by atoms with van der Waals surface area (Å²) in [6, 6.07) is 0.386. The number of nitrogens with two attached hydrogens (primary N) is 2. The molecule has 0 aromatic rings. The van der Waals surface area contributed by atoms with Gasteiger partial charge >= 0.3 is 11.9 Å². The molecule has 0 radical (unpaired) electrons. The van der Waals surface area contributed by atoms with Gasteiger partial charge in [0.25, 0.3) is 0 Å². The highest BCUT2D eigenvalue weighted by Gasteiger charge is 2.64. The predicted molar refractivity (Wildman–Crippen MR) is 221 cm³/mol. The van der Waals surface area contributed by atoms with E-state index in [0.29, 0.717) is 51.7 Å². The van der Waals surface area contributed by atoms with Crippen LogP contribution in [0.1, 0.15) is 168 Å². The van der Waals surface area contributed by atoms with Crippen LogP contribution in [0.5, 0.6) is 0 Å². The lowest BCUT2D eigenvalue weighted by molar-refractivity contribution is -0.609. The molecule has 0 aromatic carbocycles. The third-order valence-electron chi connectivity index (χ3n) is 13.0. The summed E-state index contributed by atoms with van der Waals surface area (Å²) in [5.41, 5.74) is 10.0. The van der Waals surface area contributed by atoms with Gasteiger partial charge in [-0.3, -0.25) is 14.2 Å². The Labute approximate surface area is 338 Å². The molecule has 5 aliphatic rings. The number of aliphatic hydroxyl groups is 1. The maximum absolute atomic E-state index is 14.1. The Morgan fingerprint density at radius 3 is 2.34 bits per heavy atom. The van der Waals surface area contributed by atoms with Gasteiger partial charge in [0.15, 0.2) is 11.6 Å². The van der Waals surface area contributed by atoms with Crippen LogP contribution >= 0.6 is 0 Å². The molecule has 5 aliphatic heterocycles. The molecule has 12 nitrogen and oxygen atoms in total. The van der Waals surface area contributed by atoms with Gasteiger partial charge in [-0.2, -0.15) is 0 Å². The summed E-state index contributed by atoms with van der Waals surface area (Å²) in [7, 11) is 0. The number of guanidine groups is 1. The Hall–Kier alpha value is -2.25. The maximum Gasteiger partial charge on any atom is 0.350 e. The smallest absolute Gasteiger partial charge is 0.350 e. The zero-order chi connectivity index (χ0) is 39.8. The lowest BCUT2D eigenvalue weighted by Crippen LogP contribution is -2.76. The minimum atomic E-state index is -0.764. The van der Waals surface area contributed by atoms with Crippen molar-refractivity contribution in [3.63, 3.8) is 0 Å². The summed E-state index contributed by atoms with van der Waals surface area (Å²) in [6.45, 7) is 6.71. The minimum Gasteiger partial charge on any atom is -0.465 e. The molecule has 5 rings (SSSR count). The number of hydrogen-bond donors (Lipinski definition) is 5. The Morgan fingerprint density at radius 2 is 1.66 bits per heavy atom. The first kappa shape index (κ1) is 44.8. The van der Waals surface area contributed by atoms with Crippen LogP contribution in [0.15, 0.2) is 12.2 Å². The molecule has 320 valence electrons. The van der Waals surface area contributed by atoms with E-state index in [-0.39, 0.29) is 36.0 Å². The molecule has 0 bridgehead atoms. The minimum absolute atomic E-state index is 0.0593. The number of aliphatic hydroxyl groups excluding tert-OH is 1. The van der Waals surface area contributed by atoms with Crippen molar-refractivity contribution in [2.24, 2.45) is 17.4 Å². The van der Waals surface area contributed by atoms with Crippen LogP contribution in [0, 0.1) is 5.92 Å². The number of nitrogens with zero attached hydrogens (tertiary/aromatic N) is 2. The molecule has 2 saturated heterocycles. The zero-order valence-corrected chi connectivity index (χ0v) is 35.2. The number of allylic oxidation sites excluding steroid dienone is 1. The van der Waals surface area contributed by atoms with Crippen molar-refractivity contribution in [1.82, 2.24) is 15.5 Å². The Bertz CT molecular complexity index is 1280. The van der Waals surface area contributed by atoms with Crippen LogP contribution in [-0.2, 0) is 23.8 Å². The number of ether oxygens (including phenoxy) is 3. The number of carbonyl (C=O) groups is 2. The first-order valence-corrected chi connectivity index (χ1v) is 23.0. The van der Waals surface area contributed by atoms with E-state index in [1.54, 1.807) is 4.90 Å². The summed E-state index contributed by atoms with van der Waals surface area (Å²) in [5, 5.41) is 17.8. The highest BCUT2D eigenvalue weighted by atomic mass is 16.6. The number of hydrogen-bond acceptors (Lipinski definition) is 10. The fourth-order valence-electron chi connectivity index (χ4n) is 10.1. The van der Waals surface area contributed by atoms with E-state index >= 15 is 0 Å². The molecule has 2 spiro atoms. The summed E-state index contributed by atoms with van der Waals surface area (Å²) >= 11 is 0. The number of esters is 1. The number of nitrogens with one attached hydrogen (secondary N) is 2. The molecule has 0 saturated carbocycles. The van der Waals surface area contributed by atoms with Gasteiger partial charge in [-0.25, -0.2) is 10.6 Å². The summed E-state index contributed by atoms with van der Waals surface area (Å²) in [5.74, 6) is 0.640. The number of unbranched alkanes of at least 4 members (excludes halogenated alkanes) is 11. The average molecular weight is 788 g/mol. The van der Waals surface area contributed by atoms with Crippen LogP contribution in [0.4, 0.5) is 0 Å². The first-order valence-electron chi connectivity index (χ1n) is 23.0. The van der Waals surface area contributed by atoms with Gasteiger partial charge in [-0.1, -0.05) is 83.3 Å². The molecule has 2 fully saturated rings. The lowest BCUT2D eigenvalue weighted by atomic mass is 9.80. The summed E-state index contributed by atoms with van der Waals surface area (Å²) < 4.78 is 22.1. The number of amides is 1. The van der Waals surface area contributed by atoms with Gasteiger partial charge in [-0.05, 0) is 84.2 Å². The van der Waals surface area contributed by atoms with Crippen molar-refractivity contribution in [3.05, 3.63) is 12.2 Å². The molecule has 1 amide bonds. The molecule has 56 heavy (non-hydrogen) atoms. The fraction of sp³-hybridized carbons (Fsp3) is 0.886. The van der Waals surface area contributed by atoms with E-state index in [0.717, 1.165) is 102 Å². The molecule has 5 heterocycles. The van der Waals surface area contributed by atoms with Crippen molar-refractivity contribution in [2.75, 3.05) is 32.8 Å². The molecule has 8 atom stereocenters. The van der Waals surface area contributed by atoms with Crippen LogP contribution < -0.4 is 22.1 Å². The van der Waals surface area contributed by atoms with Gasteiger partial charge < -0.3 is 35.7 Å². The fourth-order valence-corrected chi connectivity index (χ4v) is 10.1. The van der Waals surface area contributed by atoms with Crippen molar-refractivity contribution >= 4 is 17.8 Å². The molecular formula is C44H79N6O6+. The van der Waals surface area contributed by atoms with Crippen LogP contribution in [0.25, 0.3) is 0 Å². The second kappa shape index (κ2) is 22.8. The third kappa shape index (κ3) is 12.4. The van der Waals surface area contributed by atoms with Gasteiger partial charge in [0, 0.05) is 38.8 Å². The van der Waals surface area contributed by atoms with Crippen LogP contribution in [0.2, 0.25) is 0 Å². The molecule has 0 aromatic heterocycles. The predicted octanol–water partition coefficient (Wildman–Crippen LogP) is 5.73. The van der Waals surface area contributed by atoms with Crippen molar-refractivity contribution in [2.45, 2.75) is 210 Å². The Balaban J connectivity index is 0.959. The maximum atomic E-state index is 14.1. The average Bonchev–Trinajstić information content (AvgIpc) is 3.48. The highest BCUT2D eigenvalue weighted by molar-refractivity contribution is 5.82. The van der Waals surface area contributed by atoms with E-state index in [4.69, 9.17) is 25.7 Å². The van der Waals surface area contributed by atoms with Crippen molar-refractivity contribution in [1.29, 1.82) is 0 Å².